The normalized spacial score (nSPS) is 10.7. The zero-order chi connectivity index (χ0) is 15.6. The van der Waals surface area contributed by atoms with Crippen molar-refractivity contribution in [1.82, 2.24) is 9.78 Å². The highest BCUT2D eigenvalue weighted by atomic mass is 79.9. The van der Waals surface area contributed by atoms with Gasteiger partial charge in [0.25, 0.3) is 0 Å². The zero-order valence-corrected chi connectivity index (χ0v) is 14.3. The lowest BCUT2D eigenvalue weighted by Gasteiger charge is -2.07. The second-order valence-electron chi connectivity index (χ2n) is 4.93. The smallest absolute Gasteiger partial charge is 0.184 e. The first-order valence-electron chi connectivity index (χ1n) is 6.87. The van der Waals surface area contributed by atoms with Gasteiger partial charge in [-0.2, -0.15) is 5.10 Å². The number of ketones is 1. The number of aromatic nitrogens is 2. The van der Waals surface area contributed by atoms with E-state index in [2.05, 4.69) is 28.0 Å². The van der Waals surface area contributed by atoms with E-state index in [1.807, 2.05) is 13.8 Å². The molecule has 0 N–H and O–H groups in total. The van der Waals surface area contributed by atoms with Gasteiger partial charge in [0, 0.05) is 11.3 Å². The van der Waals surface area contributed by atoms with E-state index < -0.39 is 0 Å². The third kappa shape index (κ3) is 3.18. The van der Waals surface area contributed by atoms with Gasteiger partial charge in [0.1, 0.15) is 12.3 Å². The van der Waals surface area contributed by atoms with E-state index in [0.717, 1.165) is 22.3 Å². The summed E-state index contributed by atoms with van der Waals surface area (Å²) in [6.07, 6.45) is 0.930. The van der Waals surface area contributed by atoms with Crippen LogP contribution in [0.1, 0.15) is 34.2 Å². The Morgan fingerprint density at radius 3 is 2.62 bits per heavy atom. The number of aryl methyl sites for hydroxylation is 1. The molecule has 0 fully saturated rings. The van der Waals surface area contributed by atoms with Crippen LogP contribution < -0.4 is 4.74 Å². The largest absolute Gasteiger partial charge is 0.496 e. The first-order chi connectivity index (χ1) is 9.97. The summed E-state index contributed by atoms with van der Waals surface area (Å²) >= 11 is 3.40. The van der Waals surface area contributed by atoms with Crippen LogP contribution in [0.15, 0.2) is 22.7 Å². The number of hydrogen-bond acceptors (Lipinski definition) is 3. The summed E-state index contributed by atoms with van der Waals surface area (Å²) < 4.78 is 7.74. The van der Waals surface area contributed by atoms with Gasteiger partial charge in [-0.25, -0.2) is 0 Å². The maximum absolute atomic E-state index is 12.4. The van der Waals surface area contributed by atoms with Crippen LogP contribution in [0, 0.1) is 13.8 Å². The molecule has 2 aromatic rings. The number of Topliss-reactive ketones (excluding diaryl/α,β-unsaturated/α-hetero) is 1. The Bertz CT molecular complexity index is 677. The van der Waals surface area contributed by atoms with Crippen molar-refractivity contribution in [3.63, 3.8) is 0 Å². The average molecular weight is 351 g/mol. The first-order valence-corrected chi connectivity index (χ1v) is 7.66. The van der Waals surface area contributed by atoms with Crippen LogP contribution in [0.5, 0.6) is 5.75 Å². The molecule has 1 heterocycles. The molecule has 0 atom stereocenters. The first kappa shape index (κ1) is 15.8. The van der Waals surface area contributed by atoms with Crippen molar-refractivity contribution in [1.29, 1.82) is 0 Å². The maximum Gasteiger partial charge on any atom is 0.184 e. The SMILES string of the molecule is CCc1c(C)nn(CC(=O)c2ccc(OC)c(Br)c2)c1C. The minimum absolute atomic E-state index is 0.0339. The van der Waals surface area contributed by atoms with E-state index in [1.54, 1.807) is 30.0 Å². The summed E-state index contributed by atoms with van der Waals surface area (Å²) in [6, 6.07) is 5.35. The van der Waals surface area contributed by atoms with Crippen LogP contribution in [-0.2, 0) is 13.0 Å². The number of ether oxygens (including phenoxy) is 1. The van der Waals surface area contributed by atoms with Gasteiger partial charge < -0.3 is 4.74 Å². The Balaban J connectivity index is 2.24. The van der Waals surface area contributed by atoms with Crippen molar-refractivity contribution >= 4 is 21.7 Å². The fourth-order valence-electron chi connectivity index (χ4n) is 2.47. The van der Waals surface area contributed by atoms with Gasteiger partial charge in [0.05, 0.1) is 17.3 Å². The highest BCUT2D eigenvalue weighted by Crippen LogP contribution is 2.26. The lowest BCUT2D eigenvalue weighted by Crippen LogP contribution is -2.13. The van der Waals surface area contributed by atoms with Crippen LogP contribution in [-0.4, -0.2) is 22.7 Å². The van der Waals surface area contributed by atoms with Crippen LogP contribution >= 0.6 is 15.9 Å². The Morgan fingerprint density at radius 2 is 2.10 bits per heavy atom. The van der Waals surface area contributed by atoms with Gasteiger partial charge in [-0.05, 0) is 60.0 Å². The summed E-state index contributed by atoms with van der Waals surface area (Å²) in [5.74, 6) is 0.748. The molecule has 0 saturated heterocycles. The summed E-state index contributed by atoms with van der Waals surface area (Å²) in [5, 5.41) is 4.46. The van der Waals surface area contributed by atoms with Gasteiger partial charge in [0.15, 0.2) is 5.78 Å². The number of benzene rings is 1. The molecule has 2 rings (SSSR count). The molecule has 0 unspecified atom stereocenters. The minimum atomic E-state index is 0.0339. The molecule has 5 heteroatoms. The standard InChI is InChI=1S/C16H19BrN2O2/c1-5-13-10(2)18-19(11(13)3)9-15(20)12-6-7-16(21-4)14(17)8-12/h6-8H,5,9H2,1-4H3. The number of rotatable bonds is 5. The minimum Gasteiger partial charge on any atom is -0.496 e. The van der Waals surface area contributed by atoms with Crippen molar-refractivity contribution < 1.29 is 9.53 Å². The number of nitrogens with zero attached hydrogens (tertiary/aromatic N) is 2. The van der Waals surface area contributed by atoms with Gasteiger partial charge in [-0.1, -0.05) is 6.92 Å². The number of hydrogen-bond donors (Lipinski definition) is 0. The second-order valence-corrected chi connectivity index (χ2v) is 5.79. The number of methoxy groups -OCH3 is 1. The Hall–Kier alpha value is -1.62. The van der Waals surface area contributed by atoms with E-state index >= 15 is 0 Å². The topological polar surface area (TPSA) is 44.1 Å². The molecule has 0 saturated carbocycles. The zero-order valence-electron chi connectivity index (χ0n) is 12.7. The Morgan fingerprint density at radius 1 is 1.38 bits per heavy atom. The van der Waals surface area contributed by atoms with Crippen molar-refractivity contribution in [2.45, 2.75) is 33.7 Å². The Labute approximate surface area is 133 Å². The van der Waals surface area contributed by atoms with Crippen molar-refractivity contribution in [3.05, 3.63) is 45.2 Å². The van der Waals surface area contributed by atoms with Gasteiger partial charge >= 0.3 is 0 Å². The lowest BCUT2D eigenvalue weighted by molar-refractivity contribution is 0.0966. The number of halogens is 1. The van der Waals surface area contributed by atoms with Crippen LogP contribution in [0.4, 0.5) is 0 Å². The monoisotopic (exact) mass is 350 g/mol. The van der Waals surface area contributed by atoms with Gasteiger partial charge in [-0.15, -0.1) is 0 Å². The fraction of sp³-hybridized carbons (Fsp3) is 0.375. The van der Waals surface area contributed by atoms with Crippen LogP contribution in [0.25, 0.3) is 0 Å². The molecule has 21 heavy (non-hydrogen) atoms. The molecule has 112 valence electrons. The molecular formula is C16H19BrN2O2. The maximum atomic E-state index is 12.4. The fourth-order valence-corrected chi connectivity index (χ4v) is 3.01. The summed E-state index contributed by atoms with van der Waals surface area (Å²) in [5.41, 5.74) is 3.93. The van der Waals surface area contributed by atoms with E-state index in [9.17, 15) is 4.79 Å². The molecule has 1 aromatic carbocycles. The average Bonchev–Trinajstić information content (AvgIpc) is 2.72. The van der Waals surface area contributed by atoms with Gasteiger partial charge in [-0.3, -0.25) is 9.48 Å². The Kier molecular flexibility index (Phi) is 4.83. The van der Waals surface area contributed by atoms with E-state index in [-0.39, 0.29) is 12.3 Å². The second kappa shape index (κ2) is 6.43. The van der Waals surface area contributed by atoms with E-state index in [1.165, 1.54) is 5.56 Å². The van der Waals surface area contributed by atoms with Crippen LogP contribution in [0.2, 0.25) is 0 Å². The van der Waals surface area contributed by atoms with Crippen molar-refractivity contribution in [3.8, 4) is 5.75 Å². The third-order valence-electron chi connectivity index (χ3n) is 3.65. The van der Waals surface area contributed by atoms with E-state index in [0.29, 0.717) is 11.3 Å². The highest BCUT2D eigenvalue weighted by Gasteiger charge is 2.14. The third-order valence-corrected chi connectivity index (χ3v) is 4.27. The molecule has 0 aliphatic rings. The van der Waals surface area contributed by atoms with Crippen molar-refractivity contribution in [2.24, 2.45) is 0 Å². The molecule has 0 amide bonds. The summed E-state index contributed by atoms with van der Waals surface area (Å²) in [7, 11) is 1.60. The summed E-state index contributed by atoms with van der Waals surface area (Å²) in [4.78, 5) is 12.4. The quantitative estimate of drug-likeness (QED) is 0.772. The predicted molar refractivity (Wildman–Crippen MR) is 86.1 cm³/mol. The molecule has 0 aliphatic carbocycles. The molecule has 4 nitrogen and oxygen atoms in total. The molecule has 0 aliphatic heterocycles. The molecule has 1 aromatic heterocycles. The van der Waals surface area contributed by atoms with Crippen molar-refractivity contribution in [2.75, 3.05) is 7.11 Å². The molecule has 0 spiro atoms. The number of carbonyl (C=O) groups excluding carboxylic acids is 1. The lowest BCUT2D eigenvalue weighted by atomic mass is 10.1. The molecule has 0 bridgehead atoms. The number of carbonyl (C=O) groups is 1. The molecular weight excluding hydrogens is 332 g/mol. The van der Waals surface area contributed by atoms with Crippen LogP contribution in [0.3, 0.4) is 0 Å². The predicted octanol–water partition coefficient (Wildman–Crippen LogP) is 3.72. The van der Waals surface area contributed by atoms with E-state index in [4.69, 9.17) is 4.74 Å². The van der Waals surface area contributed by atoms with Gasteiger partial charge in [0.2, 0.25) is 0 Å². The molecule has 0 radical (unpaired) electrons. The summed E-state index contributed by atoms with van der Waals surface area (Å²) in [6.45, 7) is 6.35. The highest BCUT2D eigenvalue weighted by molar-refractivity contribution is 9.10.